The SMILES string of the molecule is CC(C)(C)OC(=O)N1CCc2c(N)c(Br)cc(Br)c2C1. The number of fused-ring (bicyclic) bond motifs is 1. The summed E-state index contributed by atoms with van der Waals surface area (Å²) in [7, 11) is 0. The van der Waals surface area contributed by atoms with E-state index in [4.69, 9.17) is 10.5 Å². The molecule has 0 saturated heterocycles. The van der Waals surface area contributed by atoms with Gasteiger partial charge in [-0.3, -0.25) is 0 Å². The van der Waals surface area contributed by atoms with E-state index in [-0.39, 0.29) is 6.09 Å². The Labute approximate surface area is 135 Å². The van der Waals surface area contributed by atoms with Gasteiger partial charge in [-0.25, -0.2) is 4.79 Å². The van der Waals surface area contributed by atoms with E-state index >= 15 is 0 Å². The van der Waals surface area contributed by atoms with Crippen molar-refractivity contribution in [3.63, 3.8) is 0 Å². The van der Waals surface area contributed by atoms with Crippen LogP contribution in [-0.4, -0.2) is 23.1 Å². The molecule has 110 valence electrons. The molecule has 0 radical (unpaired) electrons. The fourth-order valence-electron chi connectivity index (χ4n) is 2.18. The minimum Gasteiger partial charge on any atom is -0.444 e. The number of halogens is 2. The Morgan fingerprint density at radius 1 is 1.30 bits per heavy atom. The third-order valence-corrected chi connectivity index (χ3v) is 4.48. The minimum absolute atomic E-state index is 0.281. The van der Waals surface area contributed by atoms with E-state index in [1.807, 2.05) is 26.8 Å². The van der Waals surface area contributed by atoms with Gasteiger partial charge in [0.05, 0.1) is 6.54 Å². The van der Waals surface area contributed by atoms with E-state index in [1.165, 1.54) is 0 Å². The predicted molar refractivity (Wildman–Crippen MR) is 86.6 cm³/mol. The Balaban J connectivity index is 2.24. The average molecular weight is 406 g/mol. The van der Waals surface area contributed by atoms with Gasteiger partial charge in [0.2, 0.25) is 0 Å². The molecule has 0 fully saturated rings. The number of ether oxygens (including phenoxy) is 1. The Morgan fingerprint density at radius 3 is 2.55 bits per heavy atom. The van der Waals surface area contributed by atoms with Gasteiger partial charge in [-0.1, -0.05) is 15.9 Å². The molecule has 0 bridgehead atoms. The van der Waals surface area contributed by atoms with E-state index in [0.29, 0.717) is 13.1 Å². The van der Waals surface area contributed by atoms with E-state index in [2.05, 4.69) is 31.9 Å². The smallest absolute Gasteiger partial charge is 0.410 e. The van der Waals surface area contributed by atoms with Gasteiger partial charge in [0.1, 0.15) is 5.60 Å². The summed E-state index contributed by atoms with van der Waals surface area (Å²) in [6.07, 6.45) is 0.454. The highest BCUT2D eigenvalue weighted by molar-refractivity contribution is 9.11. The first kappa shape index (κ1) is 15.6. The standard InChI is InChI=1S/C14H18Br2N2O2/c1-14(2,3)20-13(19)18-5-4-8-9(7-18)10(15)6-11(16)12(8)17/h6H,4-5,7,17H2,1-3H3. The quantitative estimate of drug-likeness (QED) is 0.661. The number of hydrogen-bond donors (Lipinski definition) is 1. The second-order valence-electron chi connectivity index (χ2n) is 5.86. The van der Waals surface area contributed by atoms with Crippen LogP contribution in [0.25, 0.3) is 0 Å². The van der Waals surface area contributed by atoms with Crippen molar-refractivity contribution < 1.29 is 9.53 Å². The zero-order valence-corrected chi connectivity index (χ0v) is 15.0. The number of benzene rings is 1. The fourth-order valence-corrected chi connectivity index (χ4v) is 3.55. The Bertz CT molecular complexity index is 553. The summed E-state index contributed by atoms with van der Waals surface area (Å²) in [5.41, 5.74) is 8.53. The number of amides is 1. The second kappa shape index (κ2) is 5.56. The van der Waals surface area contributed by atoms with Gasteiger partial charge >= 0.3 is 6.09 Å². The average Bonchev–Trinajstić information content (AvgIpc) is 2.33. The summed E-state index contributed by atoms with van der Waals surface area (Å²) >= 11 is 6.99. The first-order valence-corrected chi connectivity index (χ1v) is 8.01. The number of hydrogen-bond acceptors (Lipinski definition) is 3. The number of nitrogens with two attached hydrogens (primary N) is 1. The molecule has 1 aromatic rings. The van der Waals surface area contributed by atoms with Crippen LogP contribution in [0.3, 0.4) is 0 Å². The summed E-state index contributed by atoms with van der Waals surface area (Å²) in [5, 5.41) is 0. The molecular weight excluding hydrogens is 388 g/mol. The molecule has 0 unspecified atom stereocenters. The highest BCUT2D eigenvalue weighted by Gasteiger charge is 2.28. The lowest BCUT2D eigenvalue weighted by Crippen LogP contribution is -2.40. The van der Waals surface area contributed by atoms with Crippen LogP contribution in [0.1, 0.15) is 31.9 Å². The summed E-state index contributed by atoms with van der Waals surface area (Å²) in [6.45, 7) is 6.74. The molecule has 2 rings (SSSR count). The predicted octanol–water partition coefficient (Wildman–Crippen LogP) is 4.09. The molecule has 20 heavy (non-hydrogen) atoms. The van der Waals surface area contributed by atoms with Crippen LogP contribution in [0, 0.1) is 0 Å². The Kier molecular flexibility index (Phi) is 4.35. The molecule has 1 aliphatic heterocycles. The van der Waals surface area contributed by atoms with Crippen LogP contribution in [0.4, 0.5) is 10.5 Å². The van der Waals surface area contributed by atoms with Crippen molar-refractivity contribution >= 4 is 43.6 Å². The number of nitrogens with zero attached hydrogens (tertiary/aromatic N) is 1. The number of anilines is 1. The fraction of sp³-hybridized carbons (Fsp3) is 0.500. The van der Waals surface area contributed by atoms with Crippen LogP contribution in [-0.2, 0) is 17.7 Å². The number of nitrogen functional groups attached to an aromatic ring is 1. The molecule has 0 aliphatic carbocycles. The topological polar surface area (TPSA) is 55.6 Å². The van der Waals surface area contributed by atoms with Crippen LogP contribution in [0.5, 0.6) is 0 Å². The molecular formula is C14H18Br2N2O2. The molecule has 2 N–H and O–H groups in total. The van der Waals surface area contributed by atoms with Gasteiger partial charge in [-0.2, -0.15) is 0 Å². The van der Waals surface area contributed by atoms with Crippen LogP contribution in [0.2, 0.25) is 0 Å². The van der Waals surface area contributed by atoms with Crippen molar-refractivity contribution in [3.8, 4) is 0 Å². The van der Waals surface area contributed by atoms with E-state index in [9.17, 15) is 4.79 Å². The van der Waals surface area contributed by atoms with E-state index in [0.717, 1.165) is 32.2 Å². The lowest BCUT2D eigenvalue weighted by molar-refractivity contribution is 0.0223. The molecule has 0 atom stereocenters. The molecule has 0 spiro atoms. The monoisotopic (exact) mass is 404 g/mol. The maximum absolute atomic E-state index is 12.1. The molecule has 6 heteroatoms. The third-order valence-electron chi connectivity index (χ3n) is 3.12. The van der Waals surface area contributed by atoms with Crippen LogP contribution < -0.4 is 5.73 Å². The maximum Gasteiger partial charge on any atom is 0.410 e. The zero-order chi connectivity index (χ0) is 15.1. The van der Waals surface area contributed by atoms with Gasteiger partial charge in [-0.05, 0) is 60.3 Å². The van der Waals surface area contributed by atoms with Gasteiger partial charge < -0.3 is 15.4 Å². The highest BCUT2D eigenvalue weighted by atomic mass is 79.9. The van der Waals surface area contributed by atoms with Crippen LogP contribution in [0.15, 0.2) is 15.0 Å². The maximum atomic E-state index is 12.1. The summed E-state index contributed by atoms with van der Waals surface area (Å²) in [4.78, 5) is 13.8. The third kappa shape index (κ3) is 3.28. The van der Waals surface area contributed by atoms with Gasteiger partial charge in [0, 0.05) is 21.2 Å². The molecule has 1 aliphatic rings. The van der Waals surface area contributed by atoms with E-state index < -0.39 is 5.60 Å². The molecule has 4 nitrogen and oxygen atoms in total. The first-order chi connectivity index (χ1) is 9.19. The highest BCUT2D eigenvalue weighted by Crippen LogP contribution is 2.36. The summed E-state index contributed by atoms with van der Waals surface area (Å²) in [6, 6.07) is 1.92. The van der Waals surface area contributed by atoms with Gasteiger partial charge in [0.15, 0.2) is 0 Å². The molecule has 0 saturated carbocycles. The minimum atomic E-state index is -0.479. The molecule has 1 heterocycles. The lowest BCUT2D eigenvalue weighted by atomic mass is 9.98. The largest absolute Gasteiger partial charge is 0.444 e. The molecule has 0 aromatic heterocycles. The molecule has 1 aromatic carbocycles. The van der Waals surface area contributed by atoms with Crippen LogP contribution >= 0.6 is 31.9 Å². The number of rotatable bonds is 0. The zero-order valence-electron chi connectivity index (χ0n) is 11.8. The van der Waals surface area contributed by atoms with Crippen molar-refractivity contribution in [3.05, 3.63) is 26.1 Å². The summed E-state index contributed by atoms with van der Waals surface area (Å²) < 4.78 is 7.26. The number of carbonyl (C=O) groups is 1. The van der Waals surface area contributed by atoms with Crippen molar-refractivity contribution in [1.82, 2.24) is 4.90 Å². The second-order valence-corrected chi connectivity index (χ2v) is 7.57. The van der Waals surface area contributed by atoms with Crippen molar-refractivity contribution in [2.24, 2.45) is 0 Å². The lowest BCUT2D eigenvalue weighted by Gasteiger charge is -2.32. The van der Waals surface area contributed by atoms with Gasteiger partial charge in [0.25, 0.3) is 0 Å². The van der Waals surface area contributed by atoms with Crippen molar-refractivity contribution in [2.45, 2.75) is 39.3 Å². The van der Waals surface area contributed by atoms with Crippen molar-refractivity contribution in [2.75, 3.05) is 12.3 Å². The van der Waals surface area contributed by atoms with Crippen molar-refractivity contribution in [1.29, 1.82) is 0 Å². The van der Waals surface area contributed by atoms with Gasteiger partial charge in [-0.15, -0.1) is 0 Å². The first-order valence-electron chi connectivity index (χ1n) is 6.42. The van der Waals surface area contributed by atoms with E-state index in [1.54, 1.807) is 4.90 Å². The molecule has 1 amide bonds. The summed E-state index contributed by atoms with van der Waals surface area (Å²) in [5.74, 6) is 0. The number of carbonyl (C=O) groups excluding carboxylic acids is 1. The Morgan fingerprint density at radius 2 is 1.95 bits per heavy atom. The normalized spacial score (nSPS) is 14.9. The Hall–Kier alpha value is -0.750.